The maximum Gasteiger partial charge on any atom is 0.418 e. The lowest BCUT2D eigenvalue weighted by Gasteiger charge is -2.14. The molecule has 3 aromatic rings. The van der Waals surface area contributed by atoms with Crippen molar-refractivity contribution in [2.24, 2.45) is 0 Å². The average Bonchev–Trinajstić information content (AvgIpc) is 2.67. The van der Waals surface area contributed by atoms with Crippen molar-refractivity contribution in [3.8, 4) is 22.8 Å². The van der Waals surface area contributed by atoms with Gasteiger partial charge in [0.1, 0.15) is 0 Å². The Balaban J connectivity index is 1.94. The molecule has 0 spiro atoms. The predicted octanol–water partition coefficient (Wildman–Crippen LogP) is 4.92. The Morgan fingerprint density at radius 3 is 2.37 bits per heavy atom. The van der Waals surface area contributed by atoms with Crippen LogP contribution in [0.5, 0.6) is 11.5 Å². The predicted molar refractivity (Wildman–Crippen MR) is 95.3 cm³/mol. The van der Waals surface area contributed by atoms with Gasteiger partial charge in [0.05, 0.1) is 31.2 Å². The molecule has 0 aliphatic heterocycles. The summed E-state index contributed by atoms with van der Waals surface area (Å²) in [6, 6.07) is 12.1. The van der Waals surface area contributed by atoms with E-state index in [1.807, 2.05) is 0 Å². The van der Waals surface area contributed by atoms with Crippen LogP contribution in [0.2, 0.25) is 0 Å². The van der Waals surface area contributed by atoms with Gasteiger partial charge in [0.2, 0.25) is 5.95 Å². The minimum Gasteiger partial charge on any atom is -0.493 e. The van der Waals surface area contributed by atoms with Gasteiger partial charge in [0.15, 0.2) is 11.5 Å². The van der Waals surface area contributed by atoms with E-state index < -0.39 is 11.7 Å². The second kappa shape index (κ2) is 7.53. The first-order valence-corrected chi connectivity index (χ1v) is 7.91. The molecule has 0 aliphatic carbocycles. The van der Waals surface area contributed by atoms with Gasteiger partial charge in [0, 0.05) is 11.8 Å². The normalized spacial score (nSPS) is 11.1. The standard InChI is InChI=1S/C19H16F3N3O2/c1-26-16-8-7-12(11-17(16)27-2)14-9-10-23-18(24-14)25-15-6-4-3-5-13(15)19(20,21)22/h3-11H,1-2H3,(H,23,24,25). The first-order valence-electron chi connectivity index (χ1n) is 7.91. The van der Waals surface area contributed by atoms with Crippen LogP contribution < -0.4 is 14.8 Å². The van der Waals surface area contributed by atoms with Crippen LogP contribution in [0.25, 0.3) is 11.3 Å². The molecule has 0 fully saturated rings. The number of hydrogen-bond acceptors (Lipinski definition) is 5. The van der Waals surface area contributed by atoms with Gasteiger partial charge in [-0.05, 0) is 36.4 Å². The number of para-hydroxylation sites is 1. The van der Waals surface area contributed by atoms with Crippen molar-refractivity contribution >= 4 is 11.6 Å². The Morgan fingerprint density at radius 2 is 1.67 bits per heavy atom. The van der Waals surface area contributed by atoms with Crippen molar-refractivity contribution in [1.82, 2.24) is 9.97 Å². The molecule has 1 aromatic heterocycles. The van der Waals surface area contributed by atoms with E-state index in [4.69, 9.17) is 9.47 Å². The quantitative estimate of drug-likeness (QED) is 0.686. The fraction of sp³-hybridized carbons (Fsp3) is 0.158. The van der Waals surface area contributed by atoms with E-state index in [-0.39, 0.29) is 11.6 Å². The van der Waals surface area contributed by atoms with Gasteiger partial charge in [-0.15, -0.1) is 0 Å². The average molecular weight is 375 g/mol. The van der Waals surface area contributed by atoms with E-state index in [2.05, 4.69) is 15.3 Å². The highest BCUT2D eigenvalue weighted by Crippen LogP contribution is 2.36. The molecule has 140 valence electrons. The summed E-state index contributed by atoms with van der Waals surface area (Å²) in [5.41, 5.74) is 0.333. The molecule has 1 N–H and O–H groups in total. The molecule has 0 aliphatic rings. The maximum atomic E-state index is 13.1. The van der Waals surface area contributed by atoms with Crippen LogP contribution in [0.1, 0.15) is 5.56 Å². The molecule has 0 saturated carbocycles. The van der Waals surface area contributed by atoms with Crippen molar-refractivity contribution in [2.75, 3.05) is 19.5 Å². The van der Waals surface area contributed by atoms with Crippen molar-refractivity contribution < 1.29 is 22.6 Å². The van der Waals surface area contributed by atoms with Crippen LogP contribution in [0.3, 0.4) is 0 Å². The Hall–Kier alpha value is -3.29. The summed E-state index contributed by atoms with van der Waals surface area (Å²) in [5.74, 6) is 1.14. The molecule has 8 heteroatoms. The van der Waals surface area contributed by atoms with Gasteiger partial charge in [-0.2, -0.15) is 13.2 Å². The number of rotatable bonds is 5. The maximum absolute atomic E-state index is 13.1. The number of nitrogens with one attached hydrogen (secondary N) is 1. The van der Waals surface area contributed by atoms with Crippen LogP contribution in [-0.4, -0.2) is 24.2 Å². The van der Waals surface area contributed by atoms with Gasteiger partial charge < -0.3 is 14.8 Å². The fourth-order valence-electron chi connectivity index (χ4n) is 2.54. The van der Waals surface area contributed by atoms with Crippen molar-refractivity contribution in [1.29, 1.82) is 0 Å². The summed E-state index contributed by atoms with van der Waals surface area (Å²) in [6.07, 6.45) is -3.01. The number of nitrogens with zero attached hydrogens (tertiary/aromatic N) is 2. The lowest BCUT2D eigenvalue weighted by molar-refractivity contribution is -0.136. The topological polar surface area (TPSA) is 56.3 Å². The van der Waals surface area contributed by atoms with Crippen LogP contribution in [-0.2, 0) is 6.18 Å². The molecule has 1 heterocycles. The second-order valence-corrected chi connectivity index (χ2v) is 5.50. The number of hydrogen-bond donors (Lipinski definition) is 1. The van der Waals surface area contributed by atoms with E-state index in [9.17, 15) is 13.2 Å². The summed E-state index contributed by atoms with van der Waals surface area (Å²) in [4.78, 5) is 8.32. The Kier molecular flexibility index (Phi) is 5.16. The number of methoxy groups -OCH3 is 2. The summed E-state index contributed by atoms with van der Waals surface area (Å²) in [6.45, 7) is 0. The molecule has 0 bridgehead atoms. The molecule has 0 amide bonds. The minimum absolute atomic E-state index is 0.0546. The minimum atomic E-state index is -4.48. The van der Waals surface area contributed by atoms with Gasteiger partial charge in [-0.25, -0.2) is 9.97 Å². The summed E-state index contributed by atoms with van der Waals surface area (Å²) in [5, 5.41) is 2.64. The molecule has 27 heavy (non-hydrogen) atoms. The zero-order valence-electron chi connectivity index (χ0n) is 14.5. The highest BCUT2D eigenvalue weighted by atomic mass is 19.4. The Morgan fingerprint density at radius 1 is 0.926 bits per heavy atom. The third-order valence-corrected chi connectivity index (χ3v) is 3.81. The zero-order valence-corrected chi connectivity index (χ0v) is 14.5. The Labute approximate surface area is 153 Å². The van der Waals surface area contributed by atoms with Crippen LogP contribution >= 0.6 is 0 Å². The second-order valence-electron chi connectivity index (χ2n) is 5.50. The van der Waals surface area contributed by atoms with Crippen LogP contribution in [0, 0.1) is 0 Å². The first kappa shape index (κ1) is 18.5. The lowest BCUT2D eigenvalue weighted by Crippen LogP contribution is -2.09. The van der Waals surface area contributed by atoms with E-state index in [0.717, 1.165) is 6.07 Å². The van der Waals surface area contributed by atoms with Crippen molar-refractivity contribution in [3.05, 3.63) is 60.3 Å². The largest absolute Gasteiger partial charge is 0.493 e. The summed E-state index contributed by atoms with van der Waals surface area (Å²) < 4.78 is 49.9. The number of aromatic nitrogens is 2. The number of benzene rings is 2. The molecular weight excluding hydrogens is 359 g/mol. The number of alkyl halides is 3. The summed E-state index contributed by atoms with van der Waals surface area (Å²) >= 11 is 0. The van der Waals surface area contributed by atoms with Crippen molar-refractivity contribution in [2.45, 2.75) is 6.18 Å². The highest BCUT2D eigenvalue weighted by Gasteiger charge is 2.33. The monoisotopic (exact) mass is 375 g/mol. The number of halogens is 3. The highest BCUT2D eigenvalue weighted by molar-refractivity contribution is 5.66. The lowest BCUT2D eigenvalue weighted by atomic mass is 10.1. The molecule has 2 aromatic carbocycles. The SMILES string of the molecule is COc1ccc(-c2ccnc(Nc3ccccc3C(F)(F)F)n2)cc1OC. The number of anilines is 2. The fourth-order valence-corrected chi connectivity index (χ4v) is 2.54. The molecular formula is C19H16F3N3O2. The van der Waals surface area contributed by atoms with E-state index >= 15 is 0 Å². The third kappa shape index (κ3) is 4.11. The van der Waals surface area contributed by atoms with Gasteiger partial charge in [0.25, 0.3) is 0 Å². The zero-order chi connectivity index (χ0) is 19.4. The molecule has 3 rings (SSSR count). The van der Waals surface area contributed by atoms with Crippen LogP contribution in [0.15, 0.2) is 54.7 Å². The molecule has 0 unspecified atom stereocenters. The molecule has 5 nitrogen and oxygen atoms in total. The smallest absolute Gasteiger partial charge is 0.418 e. The molecule has 0 saturated heterocycles. The van der Waals surface area contributed by atoms with Gasteiger partial charge in [-0.1, -0.05) is 12.1 Å². The Bertz CT molecular complexity index is 945. The van der Waals surface area contributed by atoms with E-state index in [1.54, 1.807) is 24.3 Å². The van der Waals surface area contributed by atoms with E-state index in [0.29, 0.717) is 22.8 Å². The van der Waals surface area contributed by atoms with Crippen LogP contribution in [0.4, 0.5) is 24.8 Å². The first-order chi connectivity index (χ1) is 12.9. The van der Waals surface area contributed by atoms with Crippen molar-refractivity contribution in [3.63, 3.8) is 0 Å². The van der Waals surface area contributed by atoms with Gasteiger partial charge in [-0.3, -0.25) is 0 Å². The van der Waals surface area contributed by atoms with E-state index in [1.165, 1.54) is 38.6 Å². The third-order valence-electron chi connectivity index (χ3n) is 3.81. The number of ether oxygens (including phenoxy) is 2. The molecule has 0 atom stereocenters. The summed E-state index contributed by atoms with van der Waals surface area (Å²) in [7, 11) is 3.05. The van der Waals surface area contributed by atoms with Gasteiger partial charge >= 0.3 is 6.18 Å². The molecule has 0 radical (unpaired) electrons.